The van der Waals surface area contributed by atoms with Crippen LogP contribution in [-0.2, 0) is 9.59 Å². The van der Waals surface area contributed by atoms with Gasteiger partial charge in [0.05, 0.1) is 0 Å². The first-order chi connectivity index (χ1) is 12.6. The van der Waals surface area contributed by atoms with Crippen LogP contribution >= 0.6 is 0 Å². The van der Waals surface area contributed by atoms with E-state index in [-0.39, 0.29) is 11.8 Å². The van der Waals surface area contributed by atoms with Crippen molar-refractivity contribution >= 4 is 17.5 Å². The number of hydrogen-bond donors (Lipinski definition) is 1. The Labute approximate surface area is 156 Å². The van der Waals surface area contributed by atoms with Crippen LogP contribution in [0.5, 0.6) is 0 Å². The van der Waals surface area contributed by atoms with Crippen LogP contribution in [0.1, 0.15) is 25.7 Å². The highest BCUT2D eigenvalue weighted by molar-refractivity contribution is 5.90. The maximum Gasteiger partial charge on any atom is 0.249 e. The number of likely N-dealkylation sites (N-methyl/N-ethyl adjacent to an activating group) is 1. The van der Waals surface area contributed by atoms with Crippen molar-refractivity contribution in [2.24, 2.45) is 5.92 Å². The van der Waals surface area contributed by atoms with Crippen molar-refractivity contribution in [3.63, 3.8) is 0 Å². The summed E-state index contributed by atoms with van der Waals surface area (Å²) in [7, 11) is 3.29. The molecule has 1 aliphatic heterocycles. The van der Waals surface area contributed by atoms with E-state index in [0.717, 1.165) is 0 Å². The van der Waals surface area contributed by atoms with Gasteiger partial charge in [0, 0.05) is 51.6 Å². The molecule has 0 aromatic heterocycles. The molecule has 2 aliphatic rings. The van der Waals surface area contributed by atoms with Gasteiger partial charge in [0.1, 0.15) is 11.4 Å². The molecule has 1 aromatic rings. The number of carbonyl (C=O) groups is 2. The number of hydrogen-bond acceptors (Lipinski definition) is 3. The summed E-state index contributed by atoms with van der Waals surface area (Å²) in [5.74, 6) is -4.20. The zero-order valence-electron chi connectivity index (χ0n) is 15.5. The van der Waals surface area contributed by atoms with E-state index < -0.39 is 36.0 Å². The van der Waals surface area contributed by atoms with Crippen molar-refractivity contribution < 1.29 is 22.8 Å². The smallest absolute Gasteiger partial charge is 0.249 e. The molecule has 0 spiro atoms. The van der Waals surface area contributed by atoms with E-state index in [1.807, 2.05) is 0 Å². The molecule has 1 aromatic carbocycles. The molecular weight excluding hydrogens is 359 g/mol. The first kappa shape index (κ1) is 19.5. The van der Waals surface area contributed by atoms with Crippen molar-refractivity contribution in [2.45, 2.75) is 37.1 Å². The number of nitrogens with one attached hydrogen (secondary N) is 1. The fourth-order valence-corrected chi connectivity index (χ4v) is 3.87. The van der Waals surface area contributed by atoms with Gasteiger partial charge < -0.3 is 15.1 Å². The Kier molecular flexibility index (Phi) is 5.10. The van der Waals surface area contributed by atoms with Crippen LogP contribution in [0.2, 0.25) is 0 Å². The van der Waals surface area contributed by atoms with Crippen LogP contribution in [0.4, 0.5) is 18.9 Å². The maximum absolute atomic E-state index is 13.5. The van der Waals surface area contributed by atoms with Crippen LogP contribution in [0.15, 0.2) is 24.3 Å². The average molecular weight is 383 g/mol. The molecule has 2 fully saturated rings. The van der Waals surface area contributed by atoms with Gasteiger partial charge in [0.15, 0.2) is 0 Å². The molecule has 1 heterocycles. The maximum atomic E-state index is 13.5. The van der Waals surface area contributed by atoms with Crippen molar-refractivity contribution in [1.82, 2.24) is 9.80 Å². The van der Waals surface area contributed by atoms with Crippen LogP contribution in [-0.4, -0.2) is 60.3 Å². The molecule has 5 nitrogen and oxygen atoms in total. The lowest BCUT2D eigenvalue weighted by Gasteiger charge is -2.45. The van der Waals surface area contributed by atoms with E-state index >= 15 is 0 Å². The number of carbonyl (C=O) groups excluding carboxylic acids is 2. The Bertz CT molecular complexity index is 723. The first-order valence-corrected chi connectivity index (χ1v) is 9.04. The van der Waals surface area contributed by atoms with Crippen LogP contribution < -0.4 is 5.32 Å². The molecule has 27 heavy (non-hydrogen) atoms. The van der Waals surface area contributed by atoms with Crippen LogP contribution in [0.3, 0.4) is 0 Å². The number of halogens is 3. The molecular formula is C19H24F3N3O2. The topological polar surface area (TPSA) is 52.7 Å². The second-order valence-electron chi connectivity index (χ2n) is 7.70. The summed E-state index contributed by atoms with van der Waals surface area (Å²) in [5.41, 5.74) is -0.471. The third kappa shape index (κ3) is 4.04. The summed E-state index contributed by atoms with van der Waals surface area (Å²) in [5, 5.41) is 3.16. The summed E-state index contributed by atoms with van der Waals surface area (Å²) >= 11 is 0. The summed E-state index contributed by atoms with van der Waals surface area (Å²) in [6.07, 6.45) is -0.137. The van der Waals surface area contributed by atoms with Gasteiger partial charge in [0.2, 0.25) is 17.7 Å². The molecule has 0 atom stereocenters. The van der Waals surface area contributed by atoms with Gasteiger partial charge in [-0.1, -0.05) is 6.07 Å². The Hall–Kier alpha value is -2.25. The predicted octanol–water partition coefficient (Wildman–Crippen LogP) is 2.73. The molecule has 0 bridgehead atoms. The summed E-state index contributed by atoms with van der Waals surface area (Å²) in [4.78, 5) is 28.3. The molecule has 1 saturated heterocycles. The molecule has 0 unspecified atom stereocenters. The van der Waals surface area contributed by atoms with Crippen molar-refractivity contribution in [1.29, 1.82) is 0 Å². The second kappa shape index (κ2) is 7.05. The monoisotopic (exact) mass is 383 g/mol. The molecule has 3 rings (SSSR count). The molecule has 2 amide bonds. The highest BCUT2D eigenvalue weighted by Crippen LogP contribution is 2.43. The van der Waals surface area contributed by atoms with Crippen LogP contribution in [0, 0.1) is 11.7 Å². The lowest BCUT2D eigenvalue weighted by atomic mass is 9.79. The second-order valence-corrected chi connectivity index (χ2v) is 7.70. The molecule has 1 saturated carbocycles. The zero-order valence-corrected chi connectivity index (χ0v) is 15.5. The lowest BCUT2D eigenvalue weighted by Crippen LogP contribution is -2.60. The number of alkyl halides is 2. The minimum Gasteiger partial charge on any atom is -0.371 e. The Morgan fingerprint density at radius 2 is 1.81 bits per heavy atom. The Balaban J connectivity index is 1.71. The van der Waals surface area contributed by atoms with Gasteiger partial charge in [0.25, 0.3) is 0 Å². The number of amides is 2. The van der Waals surface area contributed by atoms with Crippen molar-refractivity contribution in [2.75, 3.05) is 32.5 Å². The standard InChI is InChI=1S/C19H24F3N3O2/c1-24(2)17(27)18(23-15-5-3-4-14(20)10-15)6-8-25(9-7-18)16(26)13-11-19(21,22)12-13/h3-5,10,13,23H,6-9,11-12H2,1-2H3. The summed E-state index contributed by atoms with van der Waals surface area (Å²) < 4.78 is 39.6. The third-order valence-electron chi connectivity index (χ3n) is 5.39. The normalized spacial score (nSPS) is 21.3. The number of benzene rings is 1. The number of nitrogens with zero attached hydrogens (tertiary/aromatic N) is 2. The fraction of sp³-hybridized carbons (Fsp3) is 0.579. The van der Waals surface area contributed by atoms with Gasteiger partial charge >= 0.3 is 0 Å². The van der Waals surface area contributed by atoms with Crippen LogP contribution in [0.25, 0.3) is 0 Å². The highest BCUT2D eigenvalue weighted by atomic mass is 19.3. The van der Waals surface area contributed by atoms with Gasteiger partial charge in [-0.2, -0.15) is 0 Å². The number of piperidine rings is 1. The fourth-order valence-electron chi connectivity index (χ4n) is 3.87. The first-order valence-electron chi connectivity index (χ1n) is 9.04. The van der Waals surface area contributed by atoms with E-state index in [2.05, 4.69) is 5.32 Å². The Morgan fingerprint density at radius 1 is 1.19 bits per heavy atom. The van der Waals surface area contributed by atoms with E-state index in [4.69, 9.17) is 0 Å². The number of anilines is 1. The van der Waals surface area contributed by atoms with Gasteiger partial charge in [-0.05, 0) is 31.0 Å². The predicted molar refractivity (Wildman–Crippen MR) is 94.9 cm³/mol. The average Bonchev–Trinajstić information content (AvgIpc) is 2.59. The quantitative estimate of drug-likeness (QED) is 0.870. The highest BCUT2D eigenvalue weighted by Gasteiger charge is 2.51. The largest absolute Gasteiger partial charge is 0.371 e. The third-order valence-corrected chi connectivity index (χ3v) is 5.39. The summed E-state index contributed by atoms with van der Waals surface area (Å²) in [6, 6.07) is 5.88. The van der Waals surface area contributed by atoms with Crippen molar-refractivity contribution in [3.05, 3.63) is 30.1 Å². The Morgan fingerprint density at radius 3 is 2.33 bits per heavy atom. The van der Waals surface area contributed by atoms with Gasteiger partial charge in [-0.15, -0.1) is 0 Å². The molecule has 148 valence electrons. The minimum absolute atomic E-state index is 0.158. The zero-order chi connectivity index (χ0) is 19.8. The lowest BCUT2D eigenvalue weighted by molar-refractivity contribution is -0.161. The van der Waals surface area contributed by atoms with E-state index in [1.54, 1.807) is 31.1 Å². The van der Waals surface area contributed by atoms with Gasteiger partial charge in [-0.25, -0.2) is 13.2 Å². The molecule has 1 aliphatic carbocycles. The van der Waals surface area contributed by atoms with E-state index in [9.17, 15) is 22.8 Å². The SMILES string of the molecule is CN(C)C(=O)C1(Nc2cccc(F)c2)CCN(C(=O)C2CC(F)(F)C2)CC1. The molecule has 8 heteroatoms. The number of likely N-dealkylation sites (tertiary alicyclic amines) is 1. The number of rotatable bonds is 4. The van der Waals surface area contributed by atoms with E-state index in [1.165, 1.54) is 17.0 Å². The van der Waals surface area contributed by atoms with E-state index in [0.29, 0.717) is 31.6 Å². The molecule has 1 N–H and O–H groups in total. The minimum atomic E-state index is -2.74. The van der Waals surface area contributed by atoms with Gasteiger partial charge in [-0.3, -0.25) is 9.59 Å². The molecule has 0 radical (unpaired) electrons. The summed E-state index contributed by atoms with van der Waals surface area (Å²) in [6.45, 7) is 0.589. The van der Waals surface area contributed by atoms with Crippen molar-refractivity contribution in [3.8, 4) is 0 Å².